The molecule has 24 heavy (non-hydrogen) atoms. The van der Waals surface area contributed by atoms with E-state index >= 15 is 0 Å². The summed E-state index contributed by atoms with van der Waals surface area (Å²) >= 11 is 0. The van der Waals surface area contributed by atoms with Gasteiger partial charge in [0.1, 0.15) is 11.6 Å². The summed E-state index contributed by atoms with van der Waals surface area (Å²) in [4.78, 5) is 22.4. The molecule has 1 aliphatic heterocycles. The number of aryl methyl sites for hydroxylation is 2. The lowest BCUT2D eigenvalue weighted by Gasteiger charge is -2.31. The third kappa shape index (κ3) is 3.64. The highest BCUT2D eigenvalue weighted by atomic mass is 16.1. The Morgan fingerprint density at radius 2 is 2.12 bits per heavy atom. The summed E-state index contributed by atoms with van der Waals surface area (Å²) < 4.78 is 1.79. The maximum Gasteiger partial charge on any atom is 0.231 e. The first-order chi connectivity index (χ1) is 11.6. The number of hydrogen-bond donors (Lipinski definition) is 2. The molecule has 8 nitrogen and oxygen atoms in total. The number of fused-ring (bicyclic) bond motifs is 1. The number of nitrogens with two attached hydrogens (primary N) is 1. The SMILES string of the molecule is CCCc1nc(NC2CCN(CC(N)=O)CC2)c2cnn(C)c2n1. The quantitative estimate of drug-likeness (QED) is 0.807. The van der Waals surface area contributed by atoms with Crippen molar-refractivity contribution in [3.8, 4) is 0 Å². The minimum Gasteiger partial charge on any atom is -0.369 e. The zero-order chi connectivity index (χ0) is 17.1. The summed E-state index contributed by atoms with van der Waals surface area (Å²) in [5, 5.41) is 8.83. The van der Waals surface area contributed by atoms with Crippen molar-refractivity contribution in [3.63, 3.8) is 0 Å². The second kappa shape index (κ2) is 7.12. The predicted octanol–water partition coefficient (Wildman–Crippen LogP) is 0.677. The van der Waals surface area contributed by atoms with Gasteiger partial charge in [0.25, 0.3) is 0 Å². The molecule has 8 heteroatoms. The molecule has 1 aliphatic rings. The van der Waals surface area contributed by atoms with E-state index in [9.17, 15) is 4.79 Å². The fraction of sp³-hybridized carbons (Fsp3) is 0.625. The molecule has 130 valence electrons. The number of piperidine rings is 1. The second-order valence-electron chi connectivity index (χ2n) is 6.40. The van der Waals surface area contributed by atoms with Crippen molar-refractivity contribution in [3.05, 3.63) is 12.0 Å². The van der Waals surface area contributed by atoms with Crippen LogP contribution in [-0.2, 0) is 18.3 Å². The number of anilines is 1. The minimum absolute atomic E-state index is 0.265. The smallest absolute Gasteiger partial charge is 0.231 e. The third-order valence-corrected chi connectivity index (χ3v) is 4.42. The van der Waals surface area contributed by atoms with E-state index in [1.165, 1.54) is 0 Å². The molecular weight excluding hydrogens is 306 g/mol. The van der Waals surface area contributed by atoms with Gasteiger partial charge in [-0.3, -0.25) is 14.4 Å². The topological polar surface area (TPSA) is 102 Å². The van der Waals surface area contributed by atoms with Crippen LogP contribution >= 0.6 is 0 Å². The Labute approximate surface area is 141 Å². The van der Waals surface area contributed by atoms with Crippen molar-refractivity contribution in [2.24, 2.45) is 12.8 Å². The molecule has 3 heterocycles. The minimum atomic E-state index is -0.265. The molecule has 2 aromatic rings. The van der Waals surface area contributed by atoms with Gasteiger partial charge in [-0.2, -0.15) is 5.10 Å². The molecule has 3 rings (SSSR count). The molecule has 0 spiro atoms. The van der Waals surface area contributed by atoms with Gasteiger partial charge in [0.05, 0.1) is 18.1 Å². The molecule has 0 bridgehead atoms. The van der Waals surface area contributed by atoms with Crippen molar-refractivity contribution < 1.29 is 4.79 Å². The number of hydrogen-bond acceptors (Lipinski definition) is 6. The molecule has 0 atom stereocenters. The number of carbonyl (C=O) groups excluding carboxylic acids is 1. The van der Waals surface area contributed by atoms with Gasteiger partial charge >= 0.3 is 0 Å². The summed E-state index contributed by atoms with van der Waals surface area (Å²) in [5.41, 5.74) is 6.13. The molecule has 0 saturated carbocycles. The van der Waals surface area contributed by atoms with Crippen LogP contribution in [0.25, 0.3) is 11.0 Å². The first-order valence-electron chi connectivity index (χ1n) is 8.52. The van der Waals surface area contributed by atoms with Crippen molar-refractivity contribution in [2.45, 2.75) is 38.6 Å². The van der Waals surface area contributed by atoms with E-state index in [1.807, 2.05) is 13.2 Å². The number of amides is 1. The molecule has 2 aromatic heterocycles. The number of likely N-dealkylation sites (tertiary alicyclic amines) is 1. The normalized spacial score (nSPS) is 16.6. The van der Waals surface area contributed by atoms with Crippen molar-refractivity contribution in [1.29, 1.82) is 0 Å². The average molecular weight is 331 g/mol. The van der Waals surface area contributed by atoms with Crippen LogP contribution in [-0.4, -0.2) is 56.2 Å². The van der Waals surface area contributed by atoms with E-state index in [4.69, 9.17) is 10.7 Å². The highest BCUT2D eigenvalue weighted by Gasteiger charge is 2.22. The average Bonchev–Trinajstić information content (AvgIpc) is 2.91. The maximum absolute atomic E-state index is 11.0. The van der Waals surface area contributed by atoms with Gasteiger partial charge in [-0.05, 0) is 19.3 Å². The summed E-state index contributed by atoms with van der Waals surface area (Å²) in [6, 6.07) is 0.335. The van der Waals surface area contributed by atoms with Gasteiger partial charge in [-0.15, -0.1) is 0 Å². The number of rotatable bonds is 6. The molecule has 0 aromatic carbocycles. The summed E-state index contributed by atoms with van der Waals surface area (Å²) in [5.74, 6) is 1.45. The highest BCUT2D eigenvalue weighted by Crippen LogP contribution is 2.23. The van der Waals surface area contributed by atoms with Gasteiger partial charge in [-0.1, -0.05) is 6.92 Å². The first-order valence-corrected chi connectivity index (χ1v) is 8.52. The lowest BCUT2D eigenvalue weighted by molar-refractivity contribution is -0.119. The first kappa shape index (κ1) is 16.6. The van der Waals surface area contributed by atoms with E-state index in [2.05, 4.69) is 27.2 Å². The molecule has 1 fully saturated rings. The largest absolute Gasteiger partial charge is 0.369 e. The summed E-state index contributed by atoms with van der Waals surface area (Å²) in [6.07, 6.45) is 5.60. The molecule has 0 unspecified atom stereocenters. The number of nitrogens with zero attached hydrogens (tertiary/aromatic N) is 5. The van der Waals surface area contributed by atoms with E-state index in [0.717, 1.165) is 61.4 Å². The second-order valence-corrected chi connectivity index (χ2v) is 6.40. The van der Waals surface area contributed by atoms with Crippen LogP contribution in [0.3, 0.4) is 0 Å². The summed E-state index contributed by atoms with van der Waals surface area (Å²) in [7, 11) is 1.90. The lowest BCUT2D eigenvalue weighted by Crippen LogP contribution is -2.43. The Kier molecular flexibility index (Phi) is 4.94. The third-order valence-electron chi connectivity index (χ3n) is 4.42. The Morgan fingerprint density at radius 3 is 2.79 bits per heavy atom. The van der Waals surface area contributed by atoms with Gasteiger partial charge in [0.15, 0.2) is 5.65 Å². The highest BCUT2D eigenvalue weighted by molar-refractivity contribution is 5.86. The lowest BCUT2D eigenvalue weighted by atomic mass is 10.0. The van der Waals surface area contributed by atoms with Crippen LogP contribution in [0.1, 0.15) is 32.0 Å². The van der Waals surface area contributed by atoms with E-state index in [-0.39, 0.29) is 5.91 Å². The Morgan fingerprint density at radius 1 is 1.38 bits per heavy atom. The fourth-order valence-corrected chi connectivity index (χ4v) is 3.16. The van der Waals surface area contributed by atoms with Crippen LogP contribution in [0.2, 0.25) is 0 Å². The predicted molar refractivity (Wildman–Crippen MR) is 92.6 cm³/mol. The Hall–Kier alpha value is -2.22. The van der Waals surface area contributed by atoms with E-state index in [1.54, 1.807) is 4.68 Å². The van der Waals surface area contributed by atoms with Crippen LogP contribution in [0.15, 0.2) is 6.20 Å². The number of nitrogens with one attached hydrogen (secondary N) is 1. The van der Waals surface area contributed by atoms with Crippen LogP contribution in [0, 0.1) is 0 Å². The van der Waals surface area contributed by atoms with Gasteiger partial charge < -0.3 is 11.1 Å². The molecule has 1 amide bonds. The Bertz CT molecular complexity index is 719. The number of aromatic nitrogens is 4. The molecule has 3 N–H and O–H groups in total. The van der Waals surface area contributed by atoms with Crippen LogP contribution in [0.5, 0.6) is 0 Å². The monoisotopic (exact) mass is 331 g/mol. The zero-order valence-corrected chi connectivity index (χ0v) is 14.3. The van der Waals surface area contributed by atoms with E-state index < -0.39 is 0 Å². The molecular formula is C16H25N7O. The van der Waals surface area contributed by atoms with Gasteiger partial charge in [0, 0.05) is 32.6 Å². The van der Waals surface area contributed by atoms with Crippen molar-refractivity contribution in [2.75, 3.05) is 25.0 Å². The van der Waals surface area contributed by atoms with Crippen LogP contribution in [0.4, 0.5) is 5.82 Å². The number of carbonyl (C=O) groups is 1. The zero-order valence-electron chi connectivity index (χ0n) is 14.3. The maximum atomic E-state index is 11.0. The van der Waals surface area contributed by atoms with E-state index in [0.29, 0.717) is 12.6 Å². The van der Waals surface area contributed by atoms with Crippen LogP contribution < -0.4 is 11.1 Å². The molecule has 0 radical (unpaired) electrons. The van der Waals surface area contributed by atoms with Crippen molar-refractivity contribution >= 4 is 22.8 Å². The number of primary amides is 1. The van der Waals surface area contributed by atoms with Crippen molar-refractivity contribution in [1.82, 2.24) is 24.6 Å². The molecule has 1 saturated heterocycles. The summed E-state index contributed by atoms with van der Waals surface area (Å²) in [6.45, 7) is 4.19. The standard InChI is InChI=1S/C16H25N7O/c1-3-4-14-20-15(12-9-18-22(2)16(12)21-14)19-11-5-7-23(8-6-11)10-13(17)24/h9,11H,3-8,10H2,1-2H3,(H2,17,24)(H,19,20,21). The van der Waals surface area contributed by atoms with Gasteiger partial charge in [-0.25, -0.2) is 9.97 Å². The molecule has 0 aliphatic carbocycles. The Balaban J connectivity index is 1.74. The fourth-order valence-electron chi connectivity index (χ4n) is 3.16. The van der Waals surface area contributed by atoms with Gasteiger partial charge in [0.2, 0.25) is 5.91 Å².